The first-order valence-corrected chi connectivity index (χ1v) is 8.39. The second kappa shape index (κ2) is 8.60. The maximum atomic E-state index is 13.1. The van der Waals surface area contributed by atoms with Crippen molar-refractivity contribution in [3.63, 3.8) is 0 Å². The average molecular weight is 350 g/mol. The van der Waals surface area contributed by atoms with Gasteiger partial charge in [-0.2, -0.15) is 0 Å². The molecule has 0 bridgehead atoms. The largest absolute Gasteiger partial charge is 0.454 e. The molecule has 0 aromatic heterocycles. The molecule has 6 nitrogen and oxygen atoms in total. The number of piperidine rings is 1. The Hall–Kier alpha value is -2.44. The second-order valence-corrected chi connectivity index (χ2v) is 6.28. The number of likely N-dealkylation sites (tertiary alicyclic amines) is 1. The Morgan fingerprint density at radius 1 is 1.24 bits per heavy atom. The zero-order valence-electron chi connectivity index (χ0n) is 14.5. The van der Waals surface area contributed by atoms with Crippen LogP contribution < -0.4 is 5.32 Å². The number of carbonyl (C=O) groups is 3. The third-order valence-electron chi connectivity index (χ3n) is 4.32. The molecule has 0 aliphatic carbocycles. The van der Waals surface area contributed by atoms with Gasteiger partial charge in [0, 0.05) is 17.6 Å². The van der Waals surface area contributed by atoms with Crippen LogP contribution in [0, 0.1) is 5.82 Å². The first kappa shape index (κ1) is 18.9. The van der Waals surface area contributed by atoms with Crippen molar-refractivity contribution in [3.8, 4) is 0 Å². The summed E-state index contributed by atoms with van der Waals surface area (Å²) in [5, 5.41) is 2.34. The molecule has 2 rings (SSSR count). The maximum absolute atomic E-state index is 13.1. The topological polar surface area (TPSA) is 75.7 Å². The van der Waals surface area contributed by atoms with Gasteiger partial charge >= 0.3 is 5.97 Å². The number of rotatable bonds is 5. The fraction of sp³-hybridized carbons (Fsp3) is 0.500. The van der Waals surface area contributed by atoms with Gasteiger partial charge < -0.3 is 15.0 Å². The molecule has 136 valence electrons. The molecule has 0 spiro atoms. The number of benzene rings is 1. The van der Waals surface area contributed by atoms with Crippen molar-refractivity contribution in [1.82, 2.24) is 10.2 Å². The Labute approximate surface area is 146 Å². The van der Waals surface area contributed by atoms with Crippen molar-refractivity contribution in [3.05, 3.63) is 35.6 Å². The molecule has 1 heterocycles. The van der Waals surface area contributed by atoms with Gasteiger partial charge in [-0.1, -0.05) is 6.07 Å². The van der Waals surface area contributed by atoms with Crippen LogP contribution in [0.15, 0.2) is 24.3 Å². The van der Waals surface area contributed by atoms with E-state index in [2.05, 4.69) is 5.32 Å². The van der Waals surface area contributed by atoms with E-state index in [1.807, 2.05) is 13.8 Å². The van der Waals surface area contributed by atoms with Crippen LogP contribution in [-0.2, 0) is 14.3 Å². The predicted octanol–water partition coefficient (Wildman–Crippen LogP) is 1.89. The Bertz CT molecular complexity index is 640. The predicted molar refractivity (Wildman–Crippen MR) is 89.3 cm³/mol. The van der Waals surface area contributed by atoms with E-state index in [1.54, 1.807) is 4.90 Å². The van der Waals surface area contributed by atoms with Crippen LogP contribution in [0.25, 0.3) is 0 Å². The van der Waals surface area contributed by atoms with Crippen LogP contribution >= 0.6 is 0 Å². The van der Waals surface area contributed by atoms with Crippen molar-refractivity contribution in [2.75, 3.05) is 13.2 Å². The first-order chi connectivity index (χ1) is 11.9. The van der Waals surface area contributed by atoms with Gasteiger partial charge in [0.2, 0.25) is 0 Å². The number of esters is 1. The molecule has 2 unspecified atom stereocenters. The highest BCUT2D eigenvalue weighted by Crippen LogP contribution is 2.22. The summed E-state index contributed by atoms with van der Waals surface area (Å²) < 4.78 is 18.0. The van der Waals surface area contributed by atoms with E-state index in [0.717, 1.165) is 25.3 Å². The van der Waals surface area contributed by atoms with Gasteiger partial charge in [0.05, 0.1) is 0 Å². The van der Waals surface area contributed by atoms with Crippen LogP contribution in [0.2, 0.25) is 0 Å². The van der Waals surface area contributed by atoms with Gasteiger partial charge in [0.15, 0.2) is 6.61 Å². The smallest absolute Gasteiger partial charge is 0.325 e. The van der Waals surface area contributed by atoms with Crippen LogP contribution in [-0.4, -0.2) is 47.9 Å². The average Bonchev–Trinajstić information content (AvgIpc) is 2.57. The molecule has 1 aromatic rings. The third kappa shape index (κ3) is 5.27. The quantitative estimate of drug-likeness (QED) is 0.823. The summed E-state index contributed by atoms with van der Waals surface area (Å²) >= 11 is 0. The Kier molecular flexibility index (Phi) is 6.50. The van der Waals surface area contributed by atoms with E-state index in [0.29, 0.717) is 0 Å². The van der Waals surface area contributed by atoms with Gasteiger partial charge in [-0.15, -0.1) is 0 Å². The van der Waals surface area contributed by atoms with Gasteiger partial charge in [0.25, 0.3) is 11.8 Å². The van der Waals surface area contributed by atoms with E-state index in [1.165, 1.54) is 18.2 Å². The number of hydrogen-bond acceptors (Lipinski definition) is 4. The lowest BCUT2D eigenvalue weighted by Gasteiger charge is -2.38. The highest BCUT2D eigenvalue weighted by molar-refractivity contribution is 5.96. The van der Waals surface area contributed by atoms with Crippen LogP contribution in [0.1, 0.15) is 43.5 Å². The summed E-state index contributed by atoms with van der Waals surface area (Å²) in [4.78, 5) is 37.5. The first-order valence-electron chi connectivity index (χ1n) is 8.39. The van der Waals surface area contributed by atoms with Crippen molar-refractivity contribution in [1.29, 1.82) is 0 Å². The number of ether oxygens (including phenoxy) is 1. The molecule has 25 heavy (non-hydrogen) atoms. The highest BCUT2D eigenvalue weighted by Gasteiger charge is 2.29. The van der Waals surface area contributed by atoms with E-state index in [9.17, 15) is 18.8 Å². The lowest BCUT2D eigenvalue weighted by molar-refractivity contribution is -0.154. The van der Waals surface area contributed by atoms with E-state index >= 15 is 0 Å². The summed E-state index contributed by atoms with van der Waals surface area (Å²) in [5.74, 6) is -2.06. The monoisotopic (exact) mass is 350 g/mol. The van der Waals surface area contributed by atoms with Crippen LogP contribution in [0.4, 0.5) is 4.39 Å². The summed E-state index contributed by atoms with van der Waals surface area (Å²) in [6.07, 6.45) is 2.96. The van der Waals surface area contributed by atoms with E-state index in [-0.39, 0.29) is 36.7 Å². The standard InChI is InChI=1S/C18H23FN2O4/c1-12-5-3-6-13(2)21(12)16(22)11-25-17(23)10-20-18(24)14-7-4-8-15(19)9-14/h4,7-9,12-13H,3,5-6,10-11H2,1-2H3,(H,20,24). The van der Waals surface area contributed by atoms with Gasteiger partial charge in [-0.05, 0) is 51.3 Å². The van der Waals surface area contributed by atoms with Crippen molar-refractivity contribution in [2.24, 2.45) is 0 Å². The molecule has 7 heteroatoms. The number of nitrogens with zero attached hydrogens (tertiary/aromatic N) is 1. The van der Waals surface area contributed by atoms with Crippen molar-refractivity contribution < 1.29 is 23.5 Å². The molecule has 1 fully saturated rings. The SMILES string of the molecule is CC1CCCC(C)N1C(=O)COC(=O)CNC(=O)c1cccc(F)c1. The zero-order chi connectivity index (χ0) is 18.4. The minimum atomic E-state index is -0.713. The molecule has 1 aliphatic rings. The van der Waals surface area contributed by atoms with Crippen molar-refractivity contribution in [2.45, 2.75) is 45.2 Å². The minimum Gasteiger partial charge on any atom is -0.454 e. The van der Waals surface area contributed by atoms with E-state index in [4.69, 9.17) is 4.74 Å². The van der Waals surface area contributed by atoms with Gasteiger partial charge in [-0.25, -0.2) is 4.39 Å². The third-order valence-corrected chi connectivity index (χ3v) is 4.32. The highest BCUT2D eigenvalue weighted by atomic mass is 19.1. The summed E-state index contributed by atoms with van der Waals surface area (Å²) in [5.41, 5.74) is 0.111. The van der Waals surface area contributed by atoms with Gasteiger partial charge in [0.1, 0.15) is 12.4 Å². The zero-order valence-corrected chi connectivity index (χ0v) is 14.5. The molecule has 0 radical (unpaired) electrons. The number of hydrogen-bond donors (Lipinski definition) is 1. The maximum Gasteiger partial charge on any atom is 0.325 e. The molecular formula is C18H23FN2O4. The molecule has 1 aliphatic heterocycles. The number of carbonyl (C=O) groups excluding carboxylic acids is 3. The number of nitrogens with one attached hydrogen (secondary N) is 1. The number of amides is 2. The minimum absolute atomic E-state index is 0.111. The van der Waals surface area contributed by atoms with E-state index < -0.39 is 17.7 Å². The Morgan fingerprint density at radius 3 is 2.56 bits per heavy atom. The molecule has 2 amide bonds. The lowest BCUT2D eigenvalue weighted by Crippen LogP contribution is -2.49. The second-order valence-electron chi connectivity index (χ2n) is 6.28. The lowest BCUT2D eigenvalue weighted by atomic mass is 9.97. The summed E-state index contributed by atoms with van der Waals surface area (Å²) in [6.45, 7) is 3.24. The van der Waals surface area contributed by atoms with Gasteiger partial charge in [-0.3, -0.25) is 14.4 Å². The Balaban J connectivity index is 1.76. The summed E-state index contributed by atoms with van der Waals surface area (Å²) in [6, 6.07) is 5.39. The molecular weight excluding hydrogens is 327 g/mol. The fourth-order valence-corrected chi connectivity index (χ4v) is 3.06. The molecule has 1 aromatic carbocycles. The normalized spacial score (nSPS) is 20.0. The molecule has 1 N–H and O–H groups in total. The molecule has 1 saturated heterocycles. The van der Waals surface area contributed by atoms with Crippen molar-refractivity contribution >= 4 is 17.8 Å². The fourth-order valence-electron chi connectivity index (χ4n) is 3.06. The molecule has 0 saturated carbocycles. The number of halogens is 1. The summed E-state index contributed by atoms with van der Waals surface area (Å²) in [7, 11) is 0. The Morgan fingerprint density at radius 2 is 1.92 bits per heavy atom. The van der Waals surface area contributed by atoms with Crippen LogP contribution in [0.3, 0.4) is 0 Å². The molecule has 2 atom stereocenters. The van der Waals surface area contributed by atoms with Crippen LogP contribution in [0.5, 0.6) is 0 Å².